The Hall–Kier alpha value is -0.530. The molecule has 0 amide bonds. The average molecular weight is 319 g/mol. The van der Waals surface area contributed by atoms with E-state index in [1.54, 1.807) is 0 Å². The molecular weight excluding hydrogens is 292 g/mol. The maximum absolute atomic E-state index is 6.70. The van der Waals surface area contributed by atoms with Gasteiger partial charge in [0.2, 0.25) is 0 Å². The van der Waals surface area contributed by atoms with Crippen molar-refractivity contribution in [1.29, 1.82) is 0 Å². The highest BCUT2D eigenvalue weighted by Gasteiger charge is 2.57. The van der Waals surface area contributed by atoms with Crippen LogP contribution in [0.2, 0.25) is 0 Å². The van der Waals surface area contributed by atoms with Gasteiger partial charge in [-0.1, -0.05) is 55.8 Å². The lowest BCUT2D eigenvalue weighted by Gasteiger charge is -2.36. The van der Waals surface area contributed by atoms with Gasteiger partial charge >= 0.3 is 0 Å². The van der Waals surface area contributed by atoms with Crippen LogP contribution < -0.4 is 0 Å². The molecule has 2 heteroatoms. The molecule has 4 aliphatic carbocycles. The van der Waals surface area contributed by atoms with E-state index in [1.165, 1.54) is 37.7 Å². The van der Waals surface area contributed by atoms with Crippen molar-refractivity contribution in [2.24, 2.45) is 23.2 Å². The van der Waals surface area contributed by atoms with Crippen molar-refractivity contribution in [2.45, 2.75) is 56.9 Å². The van der Waals surface area contributed by atoms with E-state index < -0.39 is 0 Å². The molecule has 0 aliphatic heterocycles. The van der Waals surface area contributed by atoms with Crippen LogP contribution in [0.4, 0.5) is 0 Å². The minimum absolute atomic E-state index is 0.158. The molecular formula is C20H27ClO. The Morgan fingerprint density at radius 2 is 1.77 bits per heavy atom. The van der Waals surface area contributed by atoms with Crippen molar-refractivity contribution >= 4 is 11.6 Å². The first kappa shape index (κ1) is 15.0. The van der Waals surface area contributed by atoms with E-state index in [9.17, 15) is 0 Å². The number of hydrogen-bond acceptors (Lipinski definition) is 1. The van der Waals surface area contributed by atoms with Gasteiger partial charge in [0.15, 0.2) is 0 Å². The lowest BCUT2D eigenvalue weighted by Crippen LogP contribution is -2.36. The first-order valence-corrected chi connectivity index (χ1v) is 9.24. The van der Waals surface area contributed by atoms with Crippen molar-refractivity contribution in [3.05, 3.63) is 35.9 Å². The monoisotopic (exact) mass is 318 g/mol. The first-order valence-electron chi connectivity index (χ1n) is 8.81. The van der Waals surface area contributed by atoms with E-state index in [4.69, 9.17) is 16.3 Å². The molecule has 22 heavy (non-hydrogen) atoms. The van der Waals surface area contributed by atoms with Gasteiger partial charge in [-0.3, -0.25) is 0 Å². The molecule has 4 bridgehead atoms. The van der Waals surface area contributed by atoms with Crippen LogP contribution in [0.25, 0.3) is 0 Å². The molecule has 4 saturated carbocycles. The van der Waals surface area contributed by atoms with Crippen LogP contribution in [0, 0.1) is 23.2 Å². The largest absolute Gasteiger partial charge is 0.361 e. The van der Waals surface area contributed by atoms with Gasteiger partial charge in [-0.05, 0) is 60.8 Å². The van der Waals surface area contributed by atoms with Gasteiger partial charge in [0, 0.05) is 5.41 Å². The van der Waals surface area contributed by atoms with E-state index in [0.717, 1.165) is 24.4 Å². The molecule has 0 radical (unpaired) electrons. The number of halogens is 1. The summed E-state index contributed by atoms with van der Waals surface area (Å²) < 4.78 is 6.28. The Balaban J connectivity index is 1.44. The maximum atomic E-state index is 6.70. The molecule has 4 aliphatic rings. The molecule has 3 atom stereocenters. The third kappa shape index (κ3) is 2.32. The second-order valence-corrected chi connectivity index (χ2v) is 9.02. The van der Waals surface area contributed by atoms with Gasteiger partial charge < -0.3 is 4.74 Å². The SMILES string of the molecule is CC(C)(c1ccccc1)C(Cl)OCC12CC3CC(CC1C3)C2. The van der Waals surface area contributed by atoms with E-state index in [1.807, 2.05) is 0 Å². The van der Waals surface area contributed by atoms with Crippen LogP contribution in [-0.4, -0.2) is 12.2 Å². The molecule has 0 spiro atoms. The summed E-state index contributed by atoms with van der Waals surface area (Å²) in [5, 5.41) is 0. The smallest absolute Gasteiger partial charge is 0.140 e. The summed E-state index contributed by atoms with van der Waals surface area (Å²) in [5.74, 6) is 2.88. The number of ether oxygens (including phenoxy) is 1. The second-order valence-electron chi connectivity index (χ2n) is 8.62. The van der Waals surface area contributed by atoms with Crippen molar-refractivity contribution in [2.75, 3.05) is 6.61 Å². The number of rotatable bonds is 5. The van der Waals surface area contributed by atoms with Crippen molar-refractivity contribution in [3.63, 3.8) is 0 Å². The predicted octanol–water partition coefficient (Wildman–Crippen LogP) is 5.37. The Kier molecular flexibility index (Phi) is 3.58. The molecule has 1 aromatic rings. The average Bonchev–Trinajstić information content (AvgIpc) is 2.90. The fourth-order valence-corrected chi connectivity index (χ4v) is 5.84. The minimum atomic E-state index is -0.262. The van der Waals surface area contributed by atoms with Crippen LogP contribution >= 0.6 is 11.6 Å². The molecule has 1 nitrogen and oxygen atoms in total. The molecule has 0 heterocycles. The Morgan fingerprint density at radius 3 is 2.41 bits per heavy atom. The van der Waals surface area contributed by atoms with Gasteiger partial charge in [0.05, 0.1) is 6.61 Å². The first-order chi connectivity index (χ1) is 10.5. The zero-order valence-electron chi connectivity index (χ0n) is 13.7. The quantitative estimate of drug-likeness (QED) is 0.663. The van der Waals surface area contributed by atoms with Crippen LogP contribution in [-0.2, 0) is 10.2 Å². The highest BCUT2D eigenvalue weighted by atomic mass is 35.5. The van der Waals surface area contributed by atoms with Crippen molar-refractivity contribution < 1.29 is 4.74 Å². The highest BCUT2D eigenvalue weighted by molar-refractivity contribution is 6.20. The van der Waals surface area contributed by atoms with Gasteiger partial charge in [-0.15, -0.1) is 0 Å². The highest BCUT2D eigenvalue weighted by Crippen LogP contribution is 2.65. The summed E-state index contributed by atoms with van der Waals surface area (Å²) in [6.07, 6.45) is 7.18. The number of benzene rings is 1. The fourth-order valence-electron chi connectivity index (χ4n) is 5.65. The zero-order chi connectivity index (χ0) is 15.4. The molecule has 3 unspecified atom stereocenters. The van der Waals surface area contributed by atoms with Crippen molar-refractivity contribution in [1.82, 2.24) is 0 Å². The molecule has 5 rings (SSSR count). The zero-order valence-corrected chi connectivity index (χ0v) is 14.5. The van der Waals surface area contributed by atoms with Crippen molar-refractivity contribution in [3.8, 4) is 0 Å². The molecule has 4 fully saturated rings. The van der Waals surface area contributed by atoms with E-state index in [0.29, 0.717) is 5.41 Å². The van der Waals surface area contributed by atoms with E-state index in [-0.39, 0.29) is 11.0 Å². The number of hydrogen-bond donors (Lipinski definition) is 0. The maximum Gasteiger partial charge on any atom is 0.140 e. The summed E-state index contributed by atoms with van der Waals surface area (Å²) in [5.41, 5.74) is 1.30. The molecule has 120 valence electrons. The van der Waals surface area contributed by atoms with Crippen LogP contribution in [0.5, 0.6) is 0 Å². The lowest BCUT2D eigenvalue weighted by molar-refractivity contribution is -0.0144. The normalized spacial score (nSPS) is 37.7. The summed E-state index contributed by atoms with van der Waals surface area (Å²) in [4.78, 5) is 0. The molecule has 0 aromatic heterocycles. The van der Waals surface area contributed by atoms with Gasteiger partial charge in [0.1, 0.15) is 5.56 Å². The van der Waals surface area contributed by atoms with Crippen LogP contribution in [0.3, 0.4) is 0 Å². The summed E-state index contributed by atoms with van der Waals surface area (Å²) in [7, 11) is 0. The Morgan fingerprint density at radius 1 is 1.14 bits per heavy atom. The standard InChI is InChI=1S/C20H27ClO/c1-19(2,16-6-4-3-5-7-16)18(21)22-13-20-11-14-8-15(12-20)10-17(20)9-14/h3-7,14-15,17-18H,8-13H2,1-2H3. The Bertz CT molecular complexity index is 524. The third-order valence-corrected chi connectivity index (χ3v) is 7.43. The van der Waals surface area contributed by atoms with Gasteiger partial charge in [-0.2, -0.15) is 0 Å². The topological polar surface area (TPSA) is 9.23 Å². The van der Waals surface area contributed by atoms with Crippen LogP contribution in [0.15, 0.2) is 30.3 Å². The summed E-state index contributed by atoms with van der Waals surface area (Å²) in [6, 6.07) is 10.5. The van der Waals surface area contributed by atoms with E-state index in [2.05, 4.69) is 44.2 Å². The fraction of sp³-hybridized carbons (Fsp3) is 0.700. The third-order valence-electron chi connectivity index (χ3n) is 6.76. The minimum Gasteiger partial charge on any atom is -0.361 e. The van der Waals surface area contributed by atoms with Gasteiger partial charge in [-0.25, -0.2) is 0 Å². The second kappa shape index (κ2) is 5.24. The predicted molar refractivity (Wildman–Crippen MR) is 91.0 cm³/mol. The van der Waals surface area contributed by atoms with Gasteiger partial charge in [0.25, 0.3) is 0 Å². The van der Waals surface area contributed by atoms with Crippen LogP contribution in [0.1, 0.15) is 51.5 Å². The number of alkyl halides is 1. The van der Waals surface area contributed by atoms with E-state index >= 15 is 0 Å². The molecule has 0 N–H and O–H groups in total. The Labute approximate surface area is 139 Å². The summed E-state index contributed by atoms with van der Waals surface area (Å²) in [6.45, 7) is 5.25. The lowest BCUT2D eigenvalue weighted by atomic mass is 9.76. The molecule has 1 aromatic carbocycles. The molecule has 0 saturated heterocycles. The summed E-state index contributed by atoms with van der Waals surface area (Å²) >= 11 is 6.70.